The number of aromatic nitrogens is 3. The molecule has 0 saturated heterocycles. The molecule has 0 aliphatic heterocycles. The third-order valence-corrected chi connectivity index (χ3v) is 4.22. The molecule has 0 aliphatic rings. The predicted molar refractivity (Wildman–Crippen MR) is 96.3 cm³/mol. The molecule has 0 amide bonds. The van der Waals surface area contributed by atoms with E-state index in [1.54, 1.807) is 45.2 Å². The number of nitriles is 1. The number of nitrogens with zero attached hydrogens (tertiary/aromatic N) is 4. The fourth-order valence-electron chi connectivity index (χ4n) is 2.98. The monoisotopic (exact) mass is 386 g/mol. The molecule has 3 rings (SSSR count). The van der Waals surface area contributed by atoms with Gasteiger partial charge in [-0.2, -0.15) is 18.4 Å². The second kappa shape index (κ2) is 7.00. The molecule has 0 fully saturated rings. The molecule has 8 heteroatoms. The van der Waals surface area contributed by atoms with Crippen LogP contribution in [-0.2, 0) is 18.8 Å². The van der Waals surface area contributed by atoms with Crippen molar-refractivity contribution in [3.63, 3.8) is 0 Å². The number of hydrogen-bond donors (Lipinski definition) is 0. The van der Waals surface area contributed by atoms with Gasteiger partial charge in [-0.25, -0.2) is 0 Å². The maximum absolute atomic E-state index is 13.4. The molecule has 0 atom stereocenters. The summed E-state index contributed by atoms with van der Waals surface area (Å²) in [5, 5.41) is 17.1. The Kier molecular flexibility index (Phi) is 4.86. The van der Waals surface area contributed by atoms with Crippen LogP contribution in [0.3, 0.4) is 0 Å². The second-order valence-corrected chi connectivity index (χ2v) is 6.70. The normalized spacial score (nSPS) is 11.9. The fraction of sp³-hybridized carbons (Fsp3) is 0.250. The van der Waals surface area contributed by atoms with Crippen molar-refractivity contribution in [2.24, 2.45) is 7.05 Å². The Morgan fingerprint density at radius 3 is 2.43 bits per heavy atom. The highest BCUT2D eigenvalue weighted by Gasteiger charge is 2.36. The molecular weight excluding hydrogens is 369 g/mol. The molecule has 0 radical (unpaired) electrons. The second-order valence-electron chi connectivity index (χ2n) is 6.70. The topological polar surface area (TPSA) is 63.7 Å². The summed E-state index contributed by atoms with van der Waals surface area (Å²) in [4.78, 5) is 0. The summed E-state index contributed by atoms with van der Waals surface area (Å²) in [7, 11) is 1.59. The quantitative estimate of drug-likeness (QED) is 0.653. The first-order valence-corrected chi connectivity index (χ1v) is 8.39. The number of rotatable bonds is 4. The molecule has 3 aromatic rings. The fourth-order valence-corrected chi connectivity index (χ4v) is 2.98. The summed E-state index contributed by atoms with van der Waals surface area (Å²) >= 11 is 0. The average molecular weight is 386 g/mol. The summed E-state index contributed by atoms with van der Waals surface area (Å²) in [6.45, 7) is 3.46. The number of alkyl halides is 3. The van der Waals surface area contributed by atoms with Crippen molar-refractivity contribution < 1.29 is 17.9 Å². The van der Waals surface area contributed by atoms with Crippen LogP contribution in [0.4, 0.5) is 13.2 Å². The van der Waals surface area contributed by atoms with Crippen molar-refractivity contribution >= 4 is 0 Å². The lowest BCUT2D eigenvalue weighted by molar-refractivity contribution is -0.137. The minimum atomic E-state index is -4.51. The van der Waals surface area contributed by atoms with E-state index in [9.17, 15) is 13.2 Å². The van der Waals surface area contributed by atoms with Gasteiger partial charge in [-0.1, -0.05) is 24.3 Å². The largest absolute Gasteiger partial charge is 0.480 e. The van der Waals surface area contributed by atoms with Gasteiger partial charge >= 0.3 is 6.18 Å². The summed E-state index contributed by atoms with van der Waals surface area (Å²) < 4.78 is 47.5. The van der Waals surface area contributed by atoms with Crippen molar-refractivity contribution in [3.05, 3.63) is 65.5 Å². The lowest BCUT2D eigenvalue weighted by Crippen LogP contribution is -2.29. The van der Waals surface area contributed by atoms with Crippen LogP contribution in [0, 0.1) is 11.3 Å². The van der Waals surface area contributed by atoms with E-state index in [1.165, 1.54) is 22.8 Å². The van der Waals surface area contributed by atoms with E-state index in [0.717, 1.165) is 6.07 Å². The Balaban J connectivity index is 2.00. The molecule has 0 saturated carbocycles. The Morgan fingerprint density at radius 2 is 1.75 bits per heavy atom. The molecule has 144 valence electrons. The van der Waals surface area contributed by atoms with Crippen LogP contribution in [0.2, 0.25) is 0 Å². The molecule has 1 heterocycles. The minimum Gasteiger partial charge on any atom is -0.480 e. The van der Waals surface area contributed by atoms with Crippen LogP contribution in [0.1, 0.15) is 30.8 Å². The van der Waals surface area contributed by atoms with E-state index < -0.39 is 17.3 Å². The lowest BCUT2D eigenvalue weighted by Gasteiger charge is -2.25. The number of benzene rings is 2. The maximum Gasteiger partial charge on any atom is 0.417 e. The predicted octanol–water partition coefficient (Wildman–Crippen LogP) is 4.69. The highest BCUT2D eigenvalue weighted by Crippen LogP contribution is 2.37. The Hall–Kier alpha value is -3.34. The van der Waals surface area contributed by atoms with Gasteiger partial charge in [0.1, 0.15) is 5.75 Å². The van der Waals surface area contributed by atoms with Crippen LogP contribution >= 0.6 is 0 Å². The standard InChI is InChI=1S/C20H17F3N4O/c1-19(2,28-14-8-6-7-13(11-14)12-24)18-26-25-17(27(18)3)15-9-4-5-10-16(15)20(21,22)23/h4-11H,1-3H3. The number of halogens is 3. The van der Waals surface area contributed by atoms with E-state index in [2.05, 4.69) is 10.2 Å². The number of ether oxygens (including phenoxy) is 1. The molecule has 0 N–H and O–H groups in total. The van der Waals surface area contributed by atoms with Crippen LogP contribution in [-0.4, -0.2) is 14.8 Å². The zero-order valence-corrected chi connectivity index (χ0v) is 15.4. The van der Waals surface area contributed by atoms with E-state index in [4.69, 9.17) is 10.00 Å². The zero-order chi connectivity index (χ0) is 20.5. The Morgan fingerprint density at radius 1 is 1.04 bits per heavy atom. The van der Waals surface area contributed by atoms with Gasteiger partial charge in [0.25, 0.3) is 0 Å². The molecule has 0 bridgehead atoms. The third-order valence-electron chi connectivity index (χ3n) is 4.22. The van der Waals surface area contributed by atoms with E-state index in [0.29, 0.717) is 17.1 Å². The van der Waals surface area contributed by atoms with Crippen LogP contribution in [0.25, 0.3) is 11.4 Å². The summed E-state index contributed by atoms with van der Waals surface area (Å²) in [6, 6.07) is 13.9. The van der Waals surface area contributed by atoms with Crippen molar-refractivity contribution in [3.8, 4) is 23.2 Å². The smallest absolute Gasteiger partial charge is 0.417 e. The first-order chi connectivity index (χ1) is 13.1. The molecule has 2 aromatic carbocycles. The summed E-state index contributed by atoms with van der Waals surface area (Å²) in [5.41, 5.74) is -1.40. The molecular formula is C20H17F3N4O. The average Bonchev–Trinajstić information content (AvgIpc) is 3.03. The van der Waals surface area contributed by atoms with Crippen LogP contribution < -0.4 is 4.74 Å². The van der Waals surface area contributed by atoms with Crippen LogP contribution in [0.5, 0.6) is 5.75 Å². The number of hydrogen-bond acceptors (Lipinski definition) is 4. The van der Waals surface area contributed by atoms with Gasteiger partial charge in [-0.15, -0.1) is 10.2 Å². The summed E-state index contributed by atoms with van der Waals surface area (Å²) in [6.07, 6.45) is -4.51. The zero-order valence-electron chi connectivity index (χ0n) is 15.4. The van der Waals surface area contributed by atoms with Gasteiger partial charge in [0.05, 0.1) is 17.2 Å². The molecule has 1 aromatic heterocycles. The van der Waals surface area contributed by atoms with Gasteiger partial charge in [0.2, 0.25) is 0 Å². The van der Waals surface area contributed by atoms with Gasteiger partial charge in [0.15, 0.2) is 17.2 Å². The Bertz CT molecular complexity index is 1050. The van der Waals surface area contributed by atoms with Gasteiger partial charge in [-0.3, -0.25) is 0 Å². The lowest BCUT2D eigenvalue weighted by atomic mass is 10.1. The van der Waals surface area contributed by atoms with Crippen LogP contribution in [0.15, 0.2) is 48.5 Å². The molecule has 0 spiro atoms. The molecule has 28 heavy (non-hydrogen) atoms. The highest BCUT2D eigenvalue weighted by atomic mass is 19.4. The molecule has 5 nitrogen and oxygen atoms in total. The van der Waals surface area contributed by atoms with Crippen molar-refractivity contribution in [2.75, 3.05) is 0 Å². The van der Waals surface area contributed by atoms with Gasteiger partial charge < -0.3 is 9.30 Å². The summed E-state index contributed by atoms with van der Waals surface area (Å²) in [5.74, 6) is 0.886. The van der Waals surface area contributed by atoms with Crippen molar-refractivity contribution in [1.82, 2.24) is 14.8 Å². The molecule has 0 unspecified atom stereocenters. The first-order valence-electron chi connectivity index (χ1n) is 8.39. The van der Waals surface area contributed by atoms with Crippen molar-refractivity contribution in [1.29, 1.82) is 5.26 Å². The SMILES string of the molecule is Cn1c(-c2ccccc2C(F)(F)F)nnc1C(C)(C)Oc1cccc(C#N)c1. The van der Waals surface area contributed by atoms with E-state index in [1.807, 2.05) is 6.07 Å². The van der Waals surface area contributed by atoms with E-state index in [-0.39, 0.29) is 11.4 Å². The van der Waals surface area contributed by atoms with Gasteiger partial charge in [0, 0.05) is 12.6 Å². The Labute approximate surface area is 160 Å². The van der Waals surface area contributed by atoms with Gasteiger partial charge in [-0.05, 0) is 38.1 Å². The maximum atomic E-state index is 13.4. The third kappa shape index (κ3) is 3.69. The van der Waals surface area contributed by atoms with E-state index >= 15 is 0 Å². The minimum absolute atomic E-state index is 0.0569. The first kappa shape index (κ1) is 19.4. The highest BCUT2D eigenvalue weighted by molar-refractivity contribution is 5.61. The molecule has 0 aliphatic carbocycles. The van der Waals surface area contributed by atoms with Crippen molar-refractivity contribution in [2.45, 2.75) is 25.6 Å².